The van der Waals surface area contributed by atoms with Crippen LogP contribution in [-0.4, -0.2) is 6.21 Å². The molecule has 0 aliphatic carbocycles. The number of nitrogens with zero attached hydrogens (tertiary/aromatic N) is 1. The topological polar surface area (TPSA) is 12.4 Å². The van der Waals surface area contributed by atoms with Gasteiger partial charge in [0, 0.05) is 11.2 Å². The maximum absolute atomic E-state index is 5.89. The summed E-state index contributed by atoms with van der Waals surface area (Å²) in [6.07, 6.45) is 1.75. The SMILES string of the molecule is Clc1ccc(/C=N/c2ccc(Cl)c(Cl)c2)cc1. The van der Waals surface area contributed by atoms with Gasteiger partial charge in [-0.15, -0.1) is 0 Å². The lowest BCUT2D eigenvalue weighted by molar-refractivity contribution is 1.52. The minimum Gasteiger partial charge on any atom is -0.256 e. The lowest BCUT2D eigenvalue weighted by Gasteiger charge is -1.97. The van der Waals surface area contributed by atoms with Crippen LogP contribution in [0.4, 0.5) is 5.69 Å². The highest BCUT2D eigenvalue weighted by atomic mass is 35.5. The Morgan fingerprint density at radius 1 is 0.824 bits per heavy atom. The predicted octanol–water partition coefficient (Wildman–Crippen LogP) is 5.40. The van der Waals surface area contributed by atoms with Crippen molar-refractivity contribution >= 4 is 46.7 Å². The lowest BCUT2D eigenvalue weighted by Crippen LogP contribution is -1.79. The largest absolute Gasteiger partial charge is 0.256 e. The van der Waals surface area contributed by atoms with Gasteiger partial charge in [0.15, 0.2) is 0 Å². The van der Waals surface area contributed by atoms with Crippen LogP contribution in [-0.2, 0) is 0 Å². The smallest absolute Gasteiger partial charge is 0.0645 e. The molecule has 86 valence electrons. The van der Waals surface area contributed by atoms with E-state index in [-0.39, 0.29) is 0 Å². The summed E-state index contributed by atoms with van der Waals surface area (Å²) in [5.74, 6) is 0. The average molecular weight is 285 g/mol. The van der Waals surface area contributed by atoms with E-state index in [0.29, 0.717) is 15.1 Å². The summed E-state index contributed by atoms with van der Waals surface area (Å²) < 4.78 is 0. The van der Waals surface area contributed by atoms with Gasteiger partial charge >= 0.3 is 0 Å². The van der Waals surface area contributed by atoms with E-state index in [4.69, 9.17) is 34.8 Å². The van der Waals surface area contributed by atoms with Gasteiger partial charge in [-0.2, -0.15) is 0 Å². The second-order valence-electron chi connectivity index (χ2n) is 3.41. The highest BCUT2D eigenvalue weighted by molar-refractivity contribution is 6.42. The maximum Gasteiger partial charge on any atom is 0.0645 e. The first kappa shape index (κ1) is 12.4. The van der Waals surface area contributed by atoms with Crippen molar-refractivity contribution < 1.29 is 0 Å². The molecule has 4 heteroatoms. The number of hydrogen-bond acceptors (Lipinski definition) is 1. The van der Waals surface area contributed by atoms with Gasteiger partial charge in [0.2, 0.25) is 0 Å². The van der Waals surface area contributed by atoms with Gasteiger partial charge in [0.25, 0.3) is 0 Å². The van der Waals surface area contributed by atoms with Crippen LogP contribution in [0.1, 0.15) is 5.56 Å². The molecule has 0 fully saturated rings. The molecule has 0 aliphatic rings. The predicted molar refractivity (Wildman–Crippen MR) is 75.2 cm³/mol. The van der Waals surface area contributed by atoms with E-state index >= 15 is 0 Å². The molecule has 0 atom stereocenters. The Labute approximate surface area is 115 Å². The lowest BCUT2D eigenvalue weighted by atomic mass is 10.2. The summed E-state index contributed by atoms with van der Waals surface area (Å²) in [5, 5.41) is 1.73. The fourth-order valence-corrected chi connectivity index (χ4v) is 1.68. The highest BCUT2D eigenvalue weighted by Crippen LogP contribution is 2.26. The Kier molecular flexibility index (Phi) is 4.06. The van der Waals surface area contributed by atoms with E-state index in [2.05, 4.69) is 4.99 Å². The molecule has 0 aliphatic heterocycles. The third-order valence-corrected chi connectivity index (χ3v) is 3.13. The quantitative estimate of drug-likeness (QED) is 0.655. The molecule has 0 aromatic heterocycles. The summed E-state index contributed by atoms with van der Waals surface area (Å²) in [4.78, 5) is 4.30. The zero-order valence-corrected chi connectivity index (χ0v) is 11.0. The molecule has 2 aromatic carbocycles. The van der Waals surface area contributed by atoms with E-state index in [1.165, 1.54) is 0 Å². The normalized spacial score (nSPS) is 11.0. The van der Waals surface area contributed by atoms with E-state index in [9.17, 15) is 0 Å². The second-order valence-corrected chi connectivity index (χ2v) is 4.66. The fourth-order valence-electron chi connectivity index (χ4n) is 1.26. The Bertz CT molecular complexity index is 547. The molecule has 0 N–H and O–H groups in total. The summed E-state index contributed by atoms with van der Waals surface area (Å²) >= 11 is 17.5. The van der Waals surface area contributed by atoms with E-state index in [1.54, 1.807) is 24.4 Å². The van der Waals surface area contributed by atoms with Gasteiger partial charge in [-0.05, 0) is 35.9 Å². The third-order valence-electron chi connectivity index (χ3n) is 2.14. The van der Waals surface area contributed by atoms with Crippen molar-refractivity contribution in [2.75, 3.05) is 0 Å². The number of benzene rings is 2. The van der Waals surface area contributed by atoms with Crippen molar-refractivity contribution in [3.05, 3.63) is 63.1 Å². The second kappa shape index (κ2) is 5.54. The molecule has 2 aromatic rings. The molecule has 0 saturated carbocycles. The van der Waals surface area contributed by atoms with Crippen LogP contribution in [0.2, 0.25) is 15.1 Å². The molecule has 0 spiro atoms. The Morgan fingerprint density at radius 3 is 2.18 bits per heavy atom. The number of hydrogen-bond donors (Lipinski definition) is 0. The van der Waals surface area contributed by atoms with Crippen molar-refractivity contribution in [3.8, 4) is 0 Å². The van der Waals surface area contributed by atoms with E-state index in [0.717, 1.165) is 11.3 Å². The Balaban J connectivity index is 2.20. The Hall–Kier alpha value is -1.02. The number of rotatable bonds is 2. The van der Waals surface area contributed by atoms with Crippen LogP contribution in [0.15, 0.2) is 47.5 Å². The molecular weight excluding hydrogens is 277 g/mol. The van der Waals surface area contributed by atoms with Crippen molar-refractivity contribution in [2.24, 2.45) is 4.99 Å². The van der Waals surface area contributed by atoms with Crippen LogP contribution < -0.4 is 0 Å². The first-order valence-electron chi connectivity index (χ1n) is 4.90. The fraction of sp³-hybridized carbons (Fsp3) is 0. The molecule has 0 heterocycles. The minimum atomic E-state index is 0.498. The molecule has 0 bridgehead atoms. The van der Waals surface area contributed by atoms with Gasteiger partial charge in [0.05, 0.1) is 15.7 Å². The summed E-state index contributed by atoms with van der Waals surface area (Å²) in [7, 11) is 0. The van der Waals surface area contributed by atoms with Gasteiger partial charge in [-0.3, -0.25) is 4.99 Å². The zero-order valence-electron chi connectivity index (χ0n) is 8.70. The standard InChI is InChI=1S/C13H8Cl3N/c14-10-3-1-9(2-4-10)8-17-11-5-6-12(15)13(16)7-11/h1-8H/b17-8+. The molecule has 0 unspecified atom stereocenters. The minimum absolute atomic E-state index is 0.498. The monoisotopic (exact) mass is 283 g/mol. The van der Waals surface area contributed by atoms with Crippen LogP contribution in [0.5, 0.6) is 0 Å². The Morgan fingerprint density at radius 2 is 1.53 bits per heavy atom. The van der Waals surface area contributed by atoms with Crippen LogP contribution in [0, 0.1) is 0 Å². The molecule has 0 radical (unpaired) electrons. The van der Waals surface area contributed by atoms with Gasteiger partial charge in [-0.1, -0.05) is 46.9 Å². The summed E-state index contributed by atoms with van der Waals surface area (Å²) in [5.41, 5.74) is 1.73. The van der Waals surface area contributed by atoms with E-state index < -0.39 is 0 Å². The first-order valence-corrected chi connectivity index (χ1v) is 6.03. The van der Waals surface area contributed by atoms with Crippen molar-refractivity contribution in [1.82, 2.24) is 0 Å². The zero-order chi connectivity index (χ0) is 12.3. The molecule has 0 saturated heterocycles. The summed E-state index contributed by atoms with van der Waals surface area (Å²) in [6, 6.07) is 12.7. The highest BCUT2D eigenvalue weighted by Gasteiger charge is 1.97. The van der Waals surface area contributed by atoms with Crippen molar-refractivity contribution in [3.63, 3.8) is 0 Å². The van der Waals surface area contributed by atoms with Crippen LogP contribution >= 0.6 is 34.8 Å². The first-order chi connectivity index (χ1) is 8.15. The van der Waals surface area contributed by atoms with Gasteiger partial charge < -0.3 is 0 Å². The molecule has 0 amide bonds. The number of halogens is 3. The maximum atomic E-state index is 5.89. The van der Waals surface area contributed by atoms with Crippen LogP contribution in [0.25, 0.3) is 0 Å². The van der Waals surface area contributed by atoms with Crippen molar-refractivity contribution in [1.29, 1.82) is 0 Å². The summed E-state index contributed by atoms with van der Waals surface area (Å²) in [6.45, 7) is 0. The number of aliphatic imine (C=N–C) groups is 1. The molecule has 2 rings (SSSR count). The van der Waals surface area contributed by atoms with Crippen LogP contribution in [0.3, 0.4) is 0 Å². The average Bonchev–Trinajstić information content (AvgIpc) is 2.33. The van der Waals surface area contributed by atoms with Gasteiger partial charge in [0.1, 0.15) is 0 Å². The van der Waals surface area contributed by atoms with E-state index in [1.807, 2.05) is 24.3 Å². The third kappa shape index (κ3) is 3.47. The van der Waals surface area contributed by atoms with Crippen molar-refractivity contribution in [2.45, 2.75) is 0 Å². The van der Waals surface area contributed by atoms with Gasteiger partial charge in [-0.25, -0.2) is 0 Å². The molecule has 17 heavy (non-hydrogen) atoms. The molecule has 1 nitrogen and oxygen atoms in total. The molecular formula is C13H8Cl3N.